The van der Waals surface area contributed by atoms with Gasteiger partial charge in [0.2, 0.25) is 0 Å². The highest BCUT2D eigenvalue weighted by Gasteiger charge is 2.10. The average Bonchev–Trinajstić information content (AvgIpc) is 2.63. The van der Waals surface area contributed by atoms with Gasteiger partial charge in [0.1, 0.15) is 0 Å². The van der Waals surface area contributed by atoms with E-state index in [1.54, 1.807) is 0 Å². The fourth-order valence-electron chi connectivity index (χ4n) is 1.85. The molecule has 16 heavy (non-hydrogen) atoms. The Morgan fingerprint density at radius 2 is 1.81 bits per heavy atom. The summed E-state index contributed by atoms with van der Waals surface area (Å²) in [6, 6.07) is 12.2. The number of hydrogen-bond donors (Lipinski definition) is 0. The molecular weight excluding hydrogens is 240 g/mol. The molecule has 1 heterocycles. The highest BCUT2D eigenvalue weighted by atomic mass is 35.5. The van der Waals surface area contributed by atoms with E-state index in [1.165, 1.54) is 16.7 Å². The largest absolute Gasteiger partial charge is 0.297 e. The summed E-state index contributed by atoms with van der Waals surface area (Å²) in [6.45, 7) is 0. The van der Waals surface area contributed by atoms with Crippen molar-refractivity contribution in [2.45, 2.75) is 0 Å². The van der Waals surface area contributed by atoms with E-state index >= 15 is 0 Å². The molecule has 0 bridgehead atoms. The number of fused-ring (bicyclic) bond motifs is 2. The molecule has 0 aliphatic rings. The zero-order valence-corrected chi connectivity index (χ0v) is 9.81. The van der Waals surface area contributed by atoms with Crippen LogP contribution in [-0.2, 0) is 0 Å². The third-order valence-corrected chi connectivity index (χ3v) is 4.22. The summed E-state index contributed by atoms with van der Waals surface area (Å²) < 4.78 is 1.06. The van der Waals surface area contributed by atoms with Crippen LogP contribution in [0.1, 0.15) is 9.67 Å². The van der Waals surface area contributed by atoms with Crippen molar-refractivity contribution in [1.29, 1.82) is 0 Å². The number of aldehydes is 1. The molecule has 3 rings (SSSR count). The summed E-state index contributed by atoms with van der Waals surface area (Å²) in [5.41, 5.74) is 0. The zero-order chi connectivity index (χ0) is 11.1. The lowest BCUT2D eigenvalue weighted by Crippen LogP contribution is -1.72. The summed E-state index contributed by atoms with van der Waals surface area (Å²) in [7, 11) is 0. The van der Waals surface area contributed by atoms with Gasteiger partial charge < -0.3 is 0 Å². The quantitative estimate of drug-likeness (QED) is 0.577. The molecule has 0 saturated carbocycles. The molecule has 1 aromatic heterocycles. The van der Waals surface area contributed by atoms with Crippen molar-refractivity contribution in [2.75, 3.05) is 0 Å². The minimum Gasteiger partial charge on any atom is -0.297 e. The summed E-state index contributed by atoms with van der Waals surface area (Å²) in [4.78, 5) is 11.4. The maximum absolute atomic E-state index is 10.8. The molecule has 0 atom stereocenters. The van der Waals surface area contributed by atoms with E-state index in [1.807, 2.05) is 24.3 Å². The lowest BCUT2D eigenvalue weighted by Gasteiger charge is -1.97. The predicted molar refractivity (Wildman–Crippen MR) is 69.7 cm³/mol. The van der Waals surface area contributed by atoms with E-state index in [0.717, 1.165) is 21.8 Å². The molecule has 0 aliphatic carbocycles. The second kappa shape index (κ2) is 3.58. The maximum Gasteiger partial charge on any atom is 0.161 e. The molecule has 0 saturated heterocycles. The number of halogens is 1. The second-order valence-electron chi connectivity index (χ2n) is 3.59. The molecule has 3 aromatic rings. The van der Waals surface area contributed by atoms with Gasteiger partial charge in [-0.25, -0.2) is 0 Å². The van der Waals surface area contributed by atoms with E-state index in [9.17, 15) is 4.79 Å². The molecule has 0 spiro atoms. The number of thiophene rings is 1. The highest BCUT2D eigenvalue weighted by Crippen LogP contribution is 2.36. The first-order chi connectivity index (χ1) is 7.79. The minimum atomic E-state index is 0.570. The Labute approximate surface area is 101 Å². The maximum atomic E-state index is 10.8. The van der Waals surface area contributed by atoms with E-state index in [2.05, 4.69) is 12.1 Å². The van der Waals surface area contributed by atoms with Crippen molar-refractivity contribution >= 4 is 50.1 Å². The van der Waals surface area contributed by atoms with Gasteiger partial charge in [0.15, 0.2) is 6.29 Å². The first-order valence-corrected chi connectivity index (χ1v) is 6.05. The molecule has 78 valence electrons. The smallest absolute Gasteiger partial charge is 0.161 e. The van der Waals surface area contributed by atoms with Crippen molar-refractivity contribution in [3.63, 3.8) is 0 Å². The summed E-state index contributed by atoms with van der Waals surface area (Å²) in [6.07, 6.45) is 0.817. The highest BCUT2D eigenvalue weighted by molar-refractivity contribution is 7.21. The van der Waals surface area contributed by atoms with Crippen LogP contribution >= 0.6 is 22.9 Å². The summed E-state index contributed by atoms with van der Waals surface area (Å²) >= 11 is 7.58. The third kappa shape index (κ3) is 1.34. The van der Waals surface area contributed by atoms with Crippen molar-refractivity contribution in [1.82, 2.24) is 0 Å². The number of carbonyl (C=O) groups is 1. The standard InChI is InChI=1S/C13H7ClOS/c14-13-10-5-8-3-1-2-4-9(8)6-11(10)16-12(13)7-15/h1-7H. The zero-order valence-electron chi connectivity index (χ0n) is 8.24. The van der Waals surface area contributed by atoms with Crippen LogP contribution in [0.15, 0.2) is 36.4 Å². The molecule has 0 amide bonds. The fourth-order valence-corrected chi connectivity index (χ4v) is 3.16. The van der Waals surface area contributed by atoms with Gasteiger partial charge in [0.05, 0.1) is 9.90 Å². The number of hydrogen-bond acceptors (Lipinski definition) is 2. The fraction of sp³-hybridized carbons (Fsp3) is 0. The Balaban J connectivity index is 2.49. The second-order valence-corrected chi connectivity index (χ2v) is 5.06. The van der Waals surface area contributed by atoms with Crippen molar-refractivity contribution in [3.8, 4) is 0 Å². The summed E-state index contributed by atoms with van der Waals surface area (Å²) in [5, 5.41) is 3.85. The Morgan fingerprint density at radius 3 is 2.50 bits per heavy atom. The Morgan fingerprint density at radius 1 is 1.12 bits per heavy atom. The van der Waals surface area contributed by atoms with E-state index < -0.39 is 0 Å². The van der Waals surface area contributed by atoms with Gasteiger partial charge in [-0.2, -0.15) is 0 Å². The van der Waals surface area contributed by atoms with Gasteiger partial charge in [-0.15, -0.1) is 11.3 Å². The predicted octanol–water partition coefficient (Wildman–Crippen LogP) is 4.52. The van der Waals surface area contributed by atoms with Crippen molar-refractivity contribution in [3.05, 3.63) is 46.3 Å². The van der Waals surface area contributed by atoms with Crippen molar-refractivity contribution in [2.24, 2.45) is 0 Å². The van der Waals surface area contributed by atoms with Crippen LogP contribution in [0.4, 0.5) is 0 Å². The summed E-state index contributed by atoms with van der Waals surface area (Å²) in [5.74, 6) is 0. The van der Waals surface area contributed by atoms with Crippen LogP contribution in [0, 0.1) is 0 Å². The van der Waals surface area contributed by atoms with Gasteiger partial charge in [0, 0.05) is 10.1 Å². The van der Waals surface area contributed by atoms with Gasteiger partial charge in [0.25, 0.3) is 0 Å². The molecule has 2 aromatic carbocycles. The van der Waals surface area contributed by atoms with Gasteiger partial charge in [-0.05, 0) is 22.9 Å². The van der Waals surface area contributed by atoms with Crippen LogP contribution in [0.3, 0.4) is 0 Å². The molecular formula is C13H7ClOS. The first kappa shape index (κ1) is 9.82. The van der Waals surface area contributed by atoms with Gasteiger partial charge in [-0.3, -0.25) is 4.79 Å². The lowest BCUT2D eigenvalue weighted by atomic mass is 10.1. The van der Waals surface area contributed by atoms with Gasteiger partial charge in [-0.1, -0.05) is 35.9 Å². The number of rotatable bonds is 1. The Hall–Kier alpha value is -1.38. The molecule has 0 radical (unpaired) electrons. The third-order valence-electron chi connectivity index (χ3n) is 2.63. The van der Waals surface area contributed by atoms with Crippen molar-refractivity contribution < 1.29 is 4.79 Å². The normalized spacial score (nSPS) is 11.1. The number of carbonyl (C=O) groups excluding carboxylic acids is 1. The van der Waals surface area contributed by atoms with Crippen LogP contribution in [-0.4, -0.2) is 6.29 Å². The number of benzene rings is 2. The molecule has 0 N–H and O–H groups in total. The first-order valence-electron chi connectivity index (χ1n) is 4.85. The molecule has 0 unspecified atom stereocenters. The Bertz CT molecular complexity index is 700. The van der Waals surface area contributed by atoms with Crippen LogP contribution in [0.2, 0.25) is 5.02 Å². The topological polar surface area (TPSA) is 17.1 Å². The van der Waals surface area contributed by atoms with Crippen LogP contribution in [0.25, 0.3) is 20.9 Å². The molecule has 3 heteroatoms. The monoisotopic (exact) mass is 246 g/mol. The van der Waals surface area contributed by atoms with Gasteiger partial charge >= 0.3 is 0 Å². The van der Waals surface area contributed by atoms with E-state index in [0.29, 0.717) is 9.90 Å². The van der Waals surface area contributed by atoms with E-state index in [4.69, 9.17) is 11.6 Å². The molecule has 0 fully saturated rings. The van der Waals surface area contributed by atoms with E-state index in [-0.39, 0.29) is 0 Å². The van der Waals surface area contributed by atoms with Crippen LogP contribution in [0.5, 0.6) is 0 Å². The molecule has 1 nitrogen and oxygen atoms in total. The molecule has 0 aliphatic heterocycles. The van der Waals surface area contributed by atoms with Crippen LogP contribution < -0.4 is 0 Å². The minimum absolute atomic E-state index is 0.570. The average molecular weight is 247 g/mol. The Kier molecular flexibility index (Phi) is 2.20. The SMILES string of the molecule is O=Cc1sc2cc3ccccc3cc2c1Cl. The lowest BCUT2D eigenvalue weighted by molar-refractivity contribution is 0.112.